The summed E-state index contributed by atoms with van der Waals surface area (Å²) in [6.45, 7) is 1.93. The molecule has 0 fully saturated rings. The van der Waals surface area contributed by atoms with E-state index >= 15 is 0 Å². The molecular weight excluding hydrogens is 254 g/mol. The number of phenolic OH excluding ortho intramolecular Hbond substituents is 1. The minimum absolute atomic E-state index is 0.190. The lowest BCUT2D eigenvalue weighted by Crippen LogP contribution is -2.37. The van der Waals surface area contributed by atoms with E-state index in [0.29, 0.717) is 12.2 Å². The van der Waals surface area contributed by atoms with Gasteiger partial charge >= 0.3 is 0 Å². The van der Waals surface area contributed by atoms with Crippen LogP contribution in [0.25, 0.3) is 0 Å². The van der Waals surface area contributed by atoms with Gasteiger partial charge in [0.1, 0.15) is 11.6 Å². The Balaban J connectivity index is 1.94. The van der Waals surface area contributed by atoms with E-state index in [1.807, 2.05) is 13.0 Å². The number of phenols is 1. The number of amides is 1. The van der Waals surface area contributed by atoms with E-state index in [1.54, 1.807) is 36.5 Å². The quantitative estimate of drug-likeness (QED) is 0.788. The number of aromatic nitrogens is 1. The Morgan fingerprint density at radius 2 is 2.00 bits per heavy atom. The van der Waals surface area contributed by atoms with Crippen molar-refractivity contribution in [2.45, 2.75) is 19.4 Å². The number of carbonyl (C=O) groups is 1. The number of hydrogen-bond donors (Lipinski definition) is 3. The highest BCUT2D eigenvalue weighted by atomic mass is 16.3. The molecule has 0 aliphatic carbocycles. The van der Waals surface area contributed by atoms with Gasteiger partial charge in [-0.2, -0.15) is 0 Å². The Morgan fingerprint density at radius 1 is 1.30 bits per heavy atom. The summed E-state index contributed by atoms with van der Waals surface area (Å²) >= 11 is 0. The second-order valence-corrected chi connectivity index (χ2v) is 4.69. The molecule has 1 amide bonds. The summed E-state index contributed by atoms with van der Waals surface area (Å²) < 4.78 is 0. The van der Waals surface area contributed by atoms with E-state index < -0.39 is 6.04 Å². The fraction of sp³-hybridized carbons (Fsp3) is 0.200. The topological polar surface area (TPSA) is 88.2 Å². The molecule has 0 unspecified atom stereocenters. The maximum Gasteiger partial charge on any atom is 0.242 e. The third kappa shape index (κ3) is 3.80. The number of hydrogen-bond acceptors (Lipinski definition) is 4. The molecule has 0 saturated carbocycles. The molecule has 1 atom stereocenters. The van der Waals surface area contributed by atoms with E-state index in [1.165, 1.54) is 0 Å². The number of carbonyl (C=O) groups excluding carboxylic acids is 1. The van der Waals surface area contributed by atoms with Crippen LogP contribution in [0.2, 0.25) is 0 Å². The van der Waals surface area contributed by atoms with Crippen LogP contribution < -0.4 is 11.1 Å². The number of rotatable bonds is 4. The number of benzene rings is 1. The molecule has 0 radical (unpaired) electrons. The van der Waals surface area contributed by atoms with Crippen LogP contribution in [0.3, 0.4) is 0 Å². The third-order valence-corrected chi connectivity index (χ3v) is 2.89. The van der Waals surface area contributed by atoms with Crippen LogP contribution >= 0.6 is 0 Å². The zero-order valence-corrected chi connectivity index (χ0v) is 11.2. The molecule has 1 aromatic carbocycles. The van der Waals surface area contributed by atoms with Gasteiger partial charge in [-0.15, -0.1) is 0 Å². The normalized spacial score (nSPS) is 11.9. The molecule has 0 aliphatic heterocycles. The van der Waals surface area contributed by atoms with Crippen LogP contribution in [0, 0.1) is 6.92 Å². The Bertz CT molecular complexity index is 579. The van der Waals surface area contributed by atoms with Crippen molar-refractivity contribution >= 4 is 11.7 Å². The van der Waals surface area contributed by atoms with Crippen LogP contribution in [-0.4, -0.2) is 22.0 Å². The van der Waals surface area contributed by atoms with Gasteiger partial charge in [0.2, 0.25) is 5.91 Å². The highest BCUT2D eigenvalue weighted by molar-refractivity contribution is 5.94. The Hall–Kier alpha value is -2.40. The number of aromatic hydroxyl groups is 1. The molecule has 5 heteroatoms. The maximum atomic E-state index is 11.9. The first kappa shape index (κ1) is 14.0. The predicted octanol–water partition coefficient (Wildman–Crippen LogP) is 1.60. The molecule has 0 saturated heterocycles. The van der Waals surface area contributed by atoms with Crippen LogP contribution in [-0.2, 0) is 11.2 Å². The number of anilines is 1. The van der Waals surface area contributed by atoms with Crippen molar-refractivity contribution < 1.29 is 9.90 Å². The van der Waals surface area contributed by atoms with E-state index in [0.717, 1.165) is 11.1 Å². The minimum atomic E-state index is -0.664. The first-order valence-corrected chi connectivity index (χ1v) is 6.31. The Labute approximate surface area is 117 Å². The largest absolute Gasteiger partial charge is 0.508 e. The molecule has 2 rings (SSSR count). The van der Waals surface area contributed by atoms with Crippen molar-refractivity contribution in [2.24, 2.45) is 5.73 Å². The van der Waals surface area contributed by atoms with Crippen molar-refractivity contribution in [3.63, 3.8) is 0 Å². The number of aryl methyl sites for hydroxylation is 1. The van der Waals surface area contributed by atoms with Gasteiger partial charge in [0.15, 0.2) is 0 Å². The average molecular weight is 271 g/mol. The van der Waals surface area contributed by atoms with Gasteiger partial charge in [-0.05, 0) is 42.7 Å². The highest BCUT2D eigenvalue weighted by Gasteiger charge is 2.14. The van der Waals surface area contributed by atoms with E-state index in [-0.39, 0.29) is 11.7 Å². The first-order chi connectivity index (χ1) is 9.54. The van der Waals surface area contributed by atoms with Gasteiger partial charge < -0.3 is 16.2 Å². The Morgan fingerprint density at radius 3 is 2.60 bits per heavy atom. The lowest BCUT2D eigenvalue weighted by Gasteiger charge is -2.12. The monoisotopic (exact) mass is 271 g/mol. The number of nitrogens with zero attached hydrogens (tertiary/aromatic N) is 1. The van der Waals surface area contributed by atoms with Crippen LogP contribution in [0.5, 0.6) is 5.75 Å². The van der Waals surface area contributed by atoms with Gasteiger partial charge in [0.25, 0.3) is 0 Å². The molecule has 4 N–H and O–H groups in total. The summed E-state index contributed by atoms with van der Waals surface area (Å²) in [6.07, 6.45) is 2.08. The SMILES string of the molecule is Cc1ccc(NC(=O)[C@@H](N)Cc2ccc(O)cc2)nc1. The number of nitrogens with one attached hydrogen (secondary N) is 1. The molecule has 0 aliphatic rings. The third-order valence-electron chi connectivity index (χ3n) is 2.89. The maximum absolute atomic E-state index is 11.9. The van der Waals surface area contributed by atoms with Crippen molar-refractivity contribution in [1.29, 1.82) is 0 Å². The summed E-state index contributed by atoms with van der Waals surface area (Å²) in [4.78, 5) is 16.0. The second-order valence-electron chi connectivity index (χ2n) is 4.69. The number of pyridine rings is 1. The lowest BCUT2D eigenvalue weighted by molar-refractivity contribution is -0.117. The zero-order valence-electron chi connectivity index (χ0n) is 11.2. The molecular formula is C15H17N3O2. The summed E-state index contributed by atoms with van der Waals surface area (Å²) in [5.74, 6) is 0.395. The predicted molar refractivity (Wildman–Crippen MR) is 77.4 cm³/mol. The molecule has 0 spiro atoms. The fourth-order valence-corrected chi connectivity index (χ4v) is 1.74. The van der Waals surface area contributed by atoms with Gasteiger partial charge in [-0.3, -0.25) is 4.79 Å². The molecule has 104 valence electrons. The molecule has 5 nitrogen and oxygen atoms in total. The van der Waals surface area contributed by atoms with E-state index in [4.69, 9.17) is 5.73 Å². The molecule has 2 aromatic rings. The van der Waals surface area contributed by atoms with Crippen molar-refractivity contribution in [2.75, 3.05) is 5.32 Å². The Kier molecular flexibility index (Phi) is 4.32. The van der Waals surface area contributed by atoms with Gasteiger partial charge in [0, 0.05) is 6.20 Å². The molecule has 1 heterocycles. The molecule has 1 aromatic heterocycles. The van der Waals surface area contributed by atoms with Gasteiger partial charge in [0.05, 0.1) is 6.04 Å². The summed E-state index contributed by atoms with van der Waals surface area (Å²) in [5.41, 5.74) is 7.78. The van der Waals surface area contributed by atoms with Crippen molar-refractivity contribution in [3.05, 3.63) is 53.7 Å². The molecule has 20 heavy (non-hydrogen) atoms. The summed E-state index contributed by atoms with van der Waals surface area (Å²) in [5, 5.41) is 11.9. The lowest BCUT2D eigenvalue weighted by atomic mass is 10.1. The van der Waals surface area contributed by atoms with E-state index in [2.05, 4.69) is 10.3 Å². The average Bonchev–Trinajstić information content (AvgIpc) is 2.44. The van der Waals surface area contributed by atoms with Crippen LogP contribution in [0.15, 0.2) is 42.6 Å². The molecule has 0 bridgehead atoms. The van der Waals surface area contributed by atoms with Crippen molar-refractivity contribution in [1.82, 2.24) is 4.98 Å². The summed E-state index contributed by atoms with van der Waals surface area (Å²) in [7, 11) is 0. The van der Waals surface area contributed by atoms with Crippen LogP contribution in [0.4, 0.5) is 5.82 Å². The zero-order chi connectivity index (χ0) is 14.5. The first-order valence-electron chi connectivity index (χ1n) is 6.31. The van der Waals surface area contributed by atoms with Crippen LogP contribution in [0.1, 0.15) is 11.1 Å². The van der Waals surface area contributed by atoms with E-state index in [9.17, 15) is 9.90 Å². The standard InChI is InChI=1S/C15H17N3O2/c1-10-2-7-14(17-9-10)18-15(20)13(16)8-11-3-5-12(19)6-4-11/h2-7,9,13,19H,8,16H2,1H3,(H,17,18,20)/t13-/m0/s1. The fourth-order valence-electron chi connectivity index (χ4n) is 1.74. The number of nitrogens with two attached hydrogens (primary N) is 1. The highest BCUT2D eigenvalue weighted by Crippen LogP contribution is 2.11. The van der Waals surface area contributed by atoms with Gasteiger partial charge in [-0.1, -0.05) is 18.2 Å². The second kappa shape index (κ2) is 6.16. The smallest absolute Gasteiger partial charge is 0.242 e. The van der Waals surface area contributed by atoms with Gasteiger partial charge in [-0.25, -0.2) is 4.98 Å². The minimum Gasteiger partial charge on any atom is -0.508 e. The van der Waals surface area contributed by atoms with Crippen molar-refractivity contribution in [3.8, 4) is 5.75 Å². The summed E-state index contributed by atoms with van der Waals surface area (Å²) in [6, 6.07) is 9.57.